The number of rotatable bonds is 54. The molecule has 31 atom stereocenters. The first-order chi connectivity index (χ1) is 55.9. The summed E-state index contributed by atoms with van der Waals surface area (Å²) in [5.41, 5.74) is 0. The third-order valence-electron chi connectivity index (χ3n) is 23.8. The number of unbranched alkanes of at least 4 members (excludes halogenated alkanes) is 26. The SMILES string of the molecule is CO[C@H]1[C@H](O[C@@H](CCCCCCCCCCCCCCC[C@H]2CC(=O)OC[C@H]3O[C@@H](O[C@H](CCCCCCCCCCCCC[C@@H](CCCCC[C@@H](C)O)O[C@@H]4O[C@H](CO)[C@H](O)[C@H](O)[C@H]4OC)CC(=O)OC[C@H]4O[C@H](O2)[C@H](O)[C@@H](O)[C@H]4O)[C@H](O)[C@@H](O)[C@H]3O)CCCCC[C@@H](C)O[C@@H]2O[C@H](CO)[C@H](O)[C@H](O)[C@H]2OC)O[C@H](CO)[C@H](O)[C@@H]1O. The van der Waals surface area contributed by atoms with Crippen molar-refractivity contribution < 1.29 is 162 Å². The van der Waals surface area contributed by atoms with Gasteiger partial charge in [0, 0.05) is 21.3 Å². The molecule has 0 saturated carbocycles. The molecule has 33 heteroatoms. The van der Waals surface area contributed by atoms with Crippen molar-refractivity contribution in [2.24, 2.45) is 0 Å². The van der Waals surface area contributed by atoms with Crippen LogP contribution < -0.4 is 0 Å². The maximum absolute atomic E-state index is 13.6. The molecule has 6 heterocycles. The van der Waals surface area contributed by atoms with Crippen LogP contribution >= 0.6 is 0 Å². The van der Waals surface area contributed by atoms with E-state index in [0.717, 1.165) is 205 Å². The van der Waals surface area contributed by atoms with Crippen LogP contribution in [0, 0.1) is 0 Å². The van der Waals surface area contributed by atoms with Gasteiger partial charge in [-0.1, -0.05) is 193 Å². The number of ether oxygens (including phenoxy) is 15. The average Bonchev–Trinajstić information content (AvgIpc) is 0.833. The molecule has 116 heavy (non-hydrogen) atoms. The van der Waals surface area contributed by atoms with Crippen LogP contribution in [-0.2, 0) is 80.6 Å². The number of hydrogen-bond acceptors (Lipinski definition) is 33. The highest BCUT2D eigenvalue weighted by Crippen LogP contribution is 2.34. The molecule has 6 fully saturated rings. The molecule has 0 unspecified atom stereocenters. The molecule has 0 aromatic carbocycles. The van der Waals surface area contributed by atoms with Crippen molar-refractivity contribution in [1.82, 2.24) is 0 Å². The average molecular weight is 1680 g/mol. The lowest BCUT2D eigenvalue weighted by atomic mass is 9.98. The Morgan fingerprint density at radius 2 is 0.595 bits per heavy atom. The summed E-state index contributed by atoms with van der Waals surface area (Å²) in [5.74, 6) is -1.54. The van der Waals surface area contributed by atoms with E-state index >= 15 is 0 Å². The monoisotopic (exact) mass is 1680 g/mol. The predicted octanol–water partition coefficient (Wildman–Crippen LogP) is 3.99. The number of hydrogen-bond donors (Lipinski definition) is 16. The number of cyclic esters (lactones) is 2. The Labute approximate surface area is 686 Å². The minimum Gasteiger partial charge on any atom is -0.463 e. The zero-order chi connectivity index (χ0) is 84.5. The smallest absolute Gasteiger partial charge is 0.308 e. The van der Waals surface area contributed by atoms with Crippen molar-refractivity contribution in [3.63, 3.8) is 0 Å². The van der Waals surface area contributed by atoms with Crippen LogP contribution in [0.4, 0.5) is 0 Å². The number of esters is 2. The van der Waals surface area contributed by atoms with Crippen LogP contribution in [0.2, 0.25) is 0 Å². The van der Waals surface area contributed by atoms with Gasteiger partial charge >= 0.3 is 11.9 Å². The molecule has 0 amide bonds. The van der Waals surface area contributed by atoms with E-state index in [9.17, 15) is 91.3 Å². The van der Waals surface area contributed by atoms with Gasteiger partial charge in [0.2, 0.25) is 0 Å². The Balaban J connectivity index is 0.871. The summed E-state index contributed by atoms with van der Waals surface area (Å²) in [6.07, 6.45) is -3.24. The minimum atomic E-state index is -1.77. The van der Waals surface area contributed by atoms with Crippen LogP contribution in [-0.4, -0.2) is 338 Å². The van der Waals surface area contributed by atoms with E-state index in [-0.39, 0.29) is 37.3 Å². The zero-order valence-electron chi connectivity index (χ0n) is 69.8. The minimum absolute atomic E-state index is 0.187. The van der Waals surface area contributed by atoms with Gasteiger partial charge in [-0.05, 0) is 65.2 Å². The highest BCUT2D eigenvalue weighted by Gasteiger charge is 2.51. The Hall–Kier alpha value is -2.22. The highest BCUT2D eigenvalue weighted by atomic mass is 16.8. The fourth-order valence-electron chi connectivity index (χ4n) is 16.5. The van der Waals surface area contributed by atoms with Crippen LogP contribution in [0.15, 0.2) is 0 Å². The Bertz CT molecular complexity index is 2520. The van der Waals surface area contributed by atoms with Crippen LogP contribution in [0.3, 0.4) is 0 Å². The van der Waals surface area contributed by atoms with Gasteiger partial charge in [0.25, 0.3) is 0 Å². The Morgan fingerprint density at radius 3 is 0.897 bits per heavy atom. The first-order valence-electron chi connectivity index (χ1n) is 44.0. The molecule has 16 N–H and O–H groups in total. The molecule has 0 spiro atoms. The summed E-state index contributed by atoms with van der Waals surface area (Å²) in [6.45, 7) is 1.10. The molecule has 0 radical (unpaired) electrons. The van der Waals surface area contributed by atoms with E-state index in [4.69, 9.17) is 71.1 Å². The van der Waals surface area contributed by atoms with Gasteiger partial charge in [0.05, 0.1) is 69.3 Å². The molecule has 6 saturated heterocycles. The Morgan fingerprint density at radius 1 is 0.319 bits per heavy atom. The third kappa shape index (κ3) is 35.1. The highest BCUT2D eigenvalue weighted by molar-refractivity contribution is 5.70. The number of carbonyl (C=O) groups excluding carboxylic acids is 2. The summed E-state index contributed by atoms with van der Waals surface area (Å²) < 4.78 is 88.3. The largest absolute Gasteiger partial charge is 0.463 e. The molecule has 6 rings (SSSR count). The van der Waals surface area contributed by atoms with Gasteiger partial charge in [0.15, 0.2) is 31.5 Å². The summed E-state index contributed by atoms with van der Waals surface area (Å²) in [6, 6.07) is 0. The van der Waals surface area contributed by atoms with Crippen molar-refractivity contribution >= 4 is 11.9 Å². The van der Waals surface area contributed by atoms with Crippen molar-refractivity contribution in [3.05, 3.63) is 0 Å². The summed E-state index contributed by atoms with van der Waals surface area (Å²) in [4.78, 5) is 27.2. The van der Waals surface area contributed by atoms with E-state index in [1.807, 2.05) is 6.92 Å². The normalized spacial score (nSPS) is 35.6. The number of aliphatic hydroxyl groups excluding tert-OH is 16. The molecule has 33 nitrogen and oxygen atoms in total. The van der Waals surface area contributed by atoms with Crippen molar-refractivity contribution in [2.45, 2.75) is 461 Å². The van der Waals surface area contributed by atoms with Gasteiger partial charge in [0.1, 0.15) is 135 Å². The number of methoxy groups -OCH3 is 3. The second-order valence-electron chi connectivity index (χ2n) is 33.3. The molecule has 0 aliphatic carbocycles. The number of aliphatic hydroxyl groups is 16. The van der Waals surface area contributed by atoms with Crippen molar-refractivity contribution in [1.29, 1.82) is 0 Å². The van der Waals surface area contributed by atoms with Gasteiger partial charge in [-0.3, -0.25) is 9.59 Å². The molecule has 0 aromatic heterocycles. The molecule has 4 bridgehead atoms. The number of carbonyl (C=O) groups is 2. The topological polar surface area (TPSA) is 496 Å². The van der Waals surface area contributed by atoms with Crippen LogP contribution in [0.1, 0.15) is 271 Å². The summed E-state index contributed by atoms with van der Waals surface area (Å²) in [5, 5.41) is 169. The van der Waals surface area contributed by atoms with Crippen LogP contribution in [0.25, 0.3) is 0 Å². The predicted molar refractivity (Wildman–Crippen MR) is 417 cm³/mol. The summed E-state index contributed by atoms with van der Waals surface area (Å²) >= 11 is 0. The van der Waals surface area contributed by atoms with E-state index in [1.54, 1.807) is 6.92 Å². The van der Waals surface area contributed by atoms with E-state index in [1.165, 1.54) is 21.3 Å². The van der Waals surface area contributed by atoms with Crippen molar-refractivity contribution in [2.75, 3.05) is 54.4 Å². The fourth-order valence-corrected chi connectivity index (χ4v) is 16.5. The van der Waals surface area contributed by atoms with Gasteiger partial charge in [-0.2, -0.15) is 0 Å². The first-order valence-corrected chi connectivity index (χ1v) is 44.0. The first kappa shape index (κ1) is 103. The fraction of sp³-hybridized carbons (Fsp3) is 0.976. The van der Waals surface area contributed by atoms with Crippen molar-refractivity contribution in [3.8, 4) is 0 Å². The quantitative estimate of drug-likeness (QED) is 0.0302. The van der Waals surface area contributed by atoms with Gasteiger partial charge < -0.3 is 153 Å². The molecule has 6 aliphatic heterocycles. The summed E-state index contributed by atoms with van der Waals surface area (Å²) in [7, 11) is 4.22. The molecular formula is C83H152O33. The van der Waals surface area contributed by atoms with E-state index < -0.39 is 211 Å². The molecule has 6 aliphatic rings. The second-order valence-corrected chi connectivity index (χ2v) is 33.3. The van der Waals surface area contributed by atoms with E-state index in [2.05, 4.69) is 0 Å². The lowest BCUT2D eigenvalue weighted by molar-refractivity contribution is -0.316. The maximum atomic E-state index is 13.6. The molecular weight excluding hydrogens is 1520 g/mol. The maximum Gasteiger partial charge on any atom is 0.308 e. The van der Waals surface area contributed by atoms with E-state index in [0.29, 0.717) is 38.5 Å². The van der Waals surface area contributed by atoms with Gasteiger partial charge in [-0.25, -0.2) is 0 Å². The third-order valence-corrected chi connectivity index (χ3v) is 23.8. The molecule has 0 aromatic rings. The lowest BCUT2D eigenvalue weighted by Gasteiger charge is -2.42. The standard InChI is InChI=1S/C83H152O33/c1-51(87)36-28-26-34-40-53(108-82-77(103-4)72(98)65(91)58(47-85)113-82)38-30-22-19-15-12-9-13-17-21-25-33-43-56-45-63(89)106-50-60-67(93)69(95)74(100)79(115-60)110-55(44-62(88)105-49-61-68(94)70(96)75(101)80(111-56)116-61)42-32-24-20-16-11-8-6-7-10-14-18-23-31-39-54(109-83-78(104-5)73(99)66(92)59(48-86)114-83)41-35-27-29-37-52(2)107-81-76(102-3)71(97)64(90)57(46-84)112-81/h51-61,64-87,90-101H,6-50H2,1-5H3/t51-,52-,53+,54+,55+,56-,57-,58-,59-,60-,61-,64+,65+,66+,67+,68+,69+,70+,71+,72+,73+,74-,75-,76-,77-,78-,79+,80-,81-,82-,83-/m1/s1. The zero-order valence-corrected chi connectivity index (χ0v) is 69.8. The number of fused-ring (bicyclic) bond motifs is 4. The Kier molecular flexibility index (Phi) is 50.7. The lowest BCUT2D eigenvalue weighted by Crippen LogP contribution is -2.60. The molecule has 682 valence electrons. The van der Waals surface area contributed by atoms with Crippen LogP contribution in [0.5, 0.6) is 0 Å². The van der Waals surface area contributed by atoms with Gasteiger partial charge in [-0.15, -0.1) is 0 Å². The second kappa shape index (κ2) is 57.3.